The fourth-order valence-electron chi connectivity index (χ4n) is 3.10. The van der Waals surface area contributed by atoms with Crippen molar-refractivity contribution in [3.05, 3.63) is 71.8 Å². The molecular formula is C27H34N2O4. The van der Waals surface area contributed by atoms with E-state index in [1.165, 1.54) is 0 Å². The molecule has 0 fully saturated rings. The van der Waals surface area contributed by atoms with Gasteiger partial charge in [-0.2, -0.15) is 0 Å². The van der Waals surface area contributed by atoms with Gasteiger partial charge in [-0.05, 0) is 60.4 Å². The summed E-state index contributed by atoms with van der Waals surface area (Å²) >= 11 is 0. The number of nitrogens with one attached hydrogen (secondary N) is 2. The van der Waals surface area contributed by atoms with Crippen LogP contribution in [-0.2, 0) is 9.59 Å². The fourth-order valence-corrected chi connectivity index (χ4v) is 3.10. The fraction of sp³-hybridized carbons (Fsp3) is 0.333. The predicted molar refractivity (Wildman–Crippen MR) is 133 cm³/mol. The molecular weight excluding hydrogens is 416 g/mol. The van der Waals surface area contributed by atoms with E-state index < -0.39 is 0 Å². The first-order valence-electron chi connectivity index (χ1n) is 11.3. The van der Waals surface area contributed by atoms with Crippen LogP contribution in [0.1, 0.15) is 43.2 Å². The molecule has 33 heavy (non-hydrogen) atoms. The van der Waals surface area contributed by atoms with Crippen molar-refractivity contribution >= 4 is 24.0 Å². The SMILES string of the molecule is COc1ccc(C=CC(=O)NCCCCCCCNC(=O)C=Cc2ccc(OC)cc2)cc1. The van der Waals surface area contributed by atoms with E-state index in [0.29, 0.717) is 13.1 Å². The highest BCUT2D eigenvalue weighted by molar-refractivity contribution is 5.92. The van der Waals surface area contributed by atoms with Gasteiger partial charge in [0, 0.05) is 25.2 Å². The van der Waals surface area contributed by atoms with Gasteiger partial charge in [0.2, 0.25) is 11.8 Å². The van der Waals surface area contributed by atoms with E-state index in [9.17, 15) is 9.59 Å². The third kappa shape index (κ3) is 11.1. The average Bonchev–Trinajstić information content (AvgIpc) is 2.85. The zero-order valence-electron chi connectivity index (χ0n) is 19.5. The number of hydrogen-bond donors (Lipinski definition) is 2. The van der Waals surface area contributed by atoms with Gasteiger partial charge in [-0.3, -0.25) is 9.59 Å². The summed E-state index contributed by atoms with van der Waals surface area (Å²) in [5, 5.41) is 5.81. The van der Waals surface area contributed by atoms with Crippen LogP contribution in [0.25, 0.3) is 12.2 Å². The topological polar surface area (TPSA) is 76.7 Å². The van der Waals surface area contributed by atoms with Crippen LogP contribution in [0.15, 0.2) is 60.7 Å². The highest BCUT2D eigenvalue weighted by Gasteiger charge is 1.98. The molecule has 0 heterocycles. The summed E-state index contributed by atoms with van der Waals surface area (Å²) in [7, 11) is 3.25. The maximum absolute atomic E-state index is 11.9. The Morgan fingerprint density at radius 2 is 1.00 bits per heavy atom. The molecule has 2 rings (SSSR count). The Balaban J connectivity index is 1.46. The minimum atomic E-state index is -0.0868. The highest BCUT2D eigenvalue weighted by Crippen LogP contribution is 2.13. The molecule has 0 atom stereocenters. The van der Waals surface area contributed by atoms with Crippen molar-refractivity contribution in [2.24, 2.45) is 0 Å². The van der Waals surface area contributed by atoms with Gasteiger partial charge >= 0.3 is 0 Å². The second kappa shape index (κ2) is 15.3. The Labute approximate surface area is 196 Å². The maximum Gasteiger partial charge on any atom is 0.243 e. The Morgan fingerprint density at radius 3 is 1.36 bits per heavy atom. The molecule has 0 unspecified atom stereocenters. The predicted octanol–water partition coefficient (Wildman–Crippen LogP) is 4.61. The van der Waals surface area contributed by atoms with Crippen molar-refractivity contribution in [1.82, 2.24) is 10.6 Å². The molecule has 2 N–H and O–H groups in total. The molecule has 0 aliphatic carbocycles. The Morgan fingerprint density at radius 1 is 0.636 bits per heavy atom. The van der Waals surface area contributed by atoms with E-state index in [1.807, 2.05) is 48.5 Å². The zero-order chi connectivity index (χ0) is 23.7. The average molecular weight is 451 g/mol. The van der Waals surface area contributed by atoms with Gasteiger partial charge in [-0.25, -0.2) is 0 Å². The molecule has 0 aromatic heterocycles. The van der Waals surface area contributed by atoms with Crippen molar-refractivity contribution in [3.63, 3.8) is 0 Å². The summed E-state index contributed by atoms with van der Waals surface area (Å²) in [5.41, 5.74) is 1.91. The van der Waals surface area contributed by atoms with E-state index in [2.05, 4.69) is 10.6 Å². The van der Waals surface area contributed by atoms with Gasteiger partial charge in [-0.15, -0.1) is 0 Å². The highest BCUT2D eigenvalue weighted by atomic mass is 16.5. The number of hydrogen-bond acceptors (Lipinski definition) is 4. The van der Waals surface area contributed by atoms with Gasteiger partial charge < -0.3 is 20.1 Å². The van der Waals surface area contributed by atoms with Crippen molar-refractivity contribution in [1.29, 1.82) is 0 Å². The number of rotatable bonds is 14. The molecule has 0 aliphatic rings. The lowest BCUT2D eigenvalue weighted by Gasteiger charge is -2.04. The molecule has 2 aromatic carbocycles. The summed E-state index contributed by atoms with van der Waals surface area (Å²) in [6.45, 7) is 1.33. The van der Waals surface area contributed by atoms with Crippen LogP contribution in [0.2, 0.25) is 0 Å². The van der Waals surface area contributed by atoms with Gasteiger partial charge in [0.15, 0.2) is 0 Å². The van der Waals surface area contributed by atoms with Crippen LogP contribution in [0.5, 0.6) is 11.5 Å². The van der Waals surface area contributed by atoms with E-state index >= 15 is 0 Å². The van der Waals surface area contributed by atoms with Gasteiger partial charge in [0.25, 0.3) is 0 Å². The third-order valence-corrected chi connectivity index (χ3v) is 5.04. The van der Waals surface area contributed by atoms with Crippen molar-refractivity contribution in [2.45, 2.75) is 32.1 Å². The molecule has 0 aliphatic heterocycles. The second-order valence-corrected chi connectivity index (χ2v) is 7.56. The number of methoxy groups -OCH3 is 2. The van der Waals surface area contributed by atoms with Crippen LogP contribution in [0.3, 0.4) is 0 Å². The van der Waals surface area contributed by atoms with E-state index in [0.717, 1.165) is 54.7 Å². The molecule has 6 heteroatoms. The van der Waals surface area contributed by atoms with Gasteiger partial charge in [-0.1, -0.05) is 43.5 Å². The maximum atomic E-state index is 11.9. The number of benzene rings is 2. The zero-order valence-corrected chi connectivity index (χ0v) is 19.5. The monoisotopic (exact) mass is 450 g/mol. The first-order valence-corrected chi connectivity index (χ1v) is 11.3. The number of ether oxygens (including phenoxy) is 2. The van der Waals surface area contributed by atoms with Gasteiger partial charge in [0.05, 0.1) is 14.2 Å². The standard InChI is InChI=1S/C27H34N2O4/c1-32-24-14-8-22(9-15-24)12-18-26(30)28-20-6-4-3-5-7-21-29-27(31)19-13-23-10-16-25(33-2)17-11-23/h8-19H,3-7,20-21H2,1-2H3,(H,28,30)(H,29,31). The number of unbranched alkanes of at least 4 members (excludes halogenated alkanes) is 4. The van der Waals surface area contributed by atoms with Crippen molar-refractivity contribution < 1.29 is 19.1 Å². The quantitative estimate of drug-likeness (QED) is 0.325. The van der Waals surface area contributed by atoms with E-state index in [1.54, 1.807) is 38.5 Å². The van der Waals surface area contributed by atoms with Crippen LogP contribution in [0.4, 0.5) is 0 Å². The molecule has 0 bridgehead atoms. The molecule has 6 nitrogen and oxygen atoms in total. The Bertz CT molecular complexity index is 827. The number of amides is 2. The molecule has 0 radical (unpaired) electrons. The van der Waals surface area contributed by atoms with Gasteiger partial charge in [0.1, 0.15) is 11.5 Å². The van der Waals surface area contributed by atoms with Crippen LogP contribution < -0.4 is 20.1 Å². The summed E-state index contributed by atoms with van der Waals surface area (Å²) < 4.78 is 10.2. The summed E-state index contributed by atoms with van der Waals surface area (Å²) in [4.78, 5) is 23.8. The Hall–Kier alpha value is -3.54. The van der Waals surface area contributed by atoms with Crippen LogP contribution in [-0.4, -0.2) is 39.1 Å². The third-order valence-electron chi connectivity index (χ3n) is 5.04. The molecule has 0 saturated heterocycles. The minimum Gasteiger partial charge on any atom is -0.497 e. The normalized spacial score (nSPS) is 11.0. The minimum absolute atomic E-state index is 0.0868. The molecule has 176 valence electrons. The summed E-state index contributed by atoms with van der Waals surface area (Å²) in [6.07, 6.45) is 11.7. The lowest BCUT2D eigenvalue weighted by atomic mass is 10.1. The van der Waals surface area contributed by atoms with Crippen LogP contribution in [0, 0.1) is 0 Å². The molecule has 0 spiro atoms. The van der Waals surface area contributed by atoms with E-state index in [4.69, 9.17) is 9.47 Å². The summed E-state index contributed by atoms with van der Waals surface area (Å²) in [5.74, 6) is 1.41. The number of carbonyl (C=O) groups excluding carboxylic acids is 2. The van der Waals surface area contributed by atoms with Crippen LogP contribution >= 0.6 is 0 Å². The first kappa shape index (κ1) is 25.7. The molecule has 2 amide bonds. The first-order chi connectivity index (χ1) is 16.1. The lowest BCUT2D eigenvalue weighted by molar-refractivity contribution is -0.117. The smallest absolute Gasteiger partial charge is 0.243 e. The molecule has 0 saturated carbocycles. The van der Waals surface area contributed by atoms with E-state index in [-0.39, 0.29) is 11.8 Å². The second-order valence-electron chi connectivity index (χ2n) is 7.56. The number of carbonyl (C=O) groups is 2. The summed E-state index contributed by atoms with van der Waals surface area (Å²) in [6, 6.07) is 15.1. The largest absolute Gasteiger partial charge is 0.497 e. The van der Waals surface area contributed by atoms with Crippen molar-refractivity contribution in [2.75, 3.05) is 27.3 Å². The lowest BCUT2D eigenvalue weighted by Crippen LogP contribution is -2.22. The molecule has 2 aromatic rings. The Kier molecular flexibility index (Phi) is 11.9. The van der Waals surface area contributed by atoms with Crippen molar-refractivity contribution in [3.8, 4) is 11.5 Å².